The van der Waals surface area contributed by atoms with Gasteiger partial charge in [0.1, 0.15) is 5.70 Å². The van der Waals surface area contributed by atoms with Crippen molar-refractivity contribution >= 4 is 28.8 Å². The van der Waals surface area contributed by atoms with Gasteiger partial charge in [-0.25, -0.2) is 4.90 Å². The summed E-state index contributed by atoms with van der Waals surface area (Å²) >= 11 is 0. The predicted molar refractivity (Wildman–Crippen MR) is 124 cm³/mol. The number of hydrogen-bond acceptors (Lipinski definition) is 7. The standard InChI is InChI=1S/C24H27N3O6/c1-16-5-10-20(17(2)15-16)26-23(28)21(18-6-8-19(9-7-18)27(30)31)22(24(26)29)25(11-13-32-3)12-14-33-4/h5-10,15H,11-14H2,1-4H3. The highest BCUT2D eigenvalue weighted by Crippen LogP contribution is 2.36. The van der Waals surface area contributed by atoms with E-state index < -0.39 is 16.7 Å². The van der Waals surface area contributed by atoms with E-state index in [2.05, 4.69) is 0 Å². The number of imide groups is 1. The van der Waals surface area contributed by atoms with E-state index in [1.165, 1.54) is 29.2 Å². The molecule has 0 fully saturated rings. The zero-order chi connectivity index (χ0) is 24.1. The molecule has 0 aliphatic carbocycles. The third-order valence-electron chi connectivity index (χ3n) is 5.47. The first-order valence-electron chi connectivity index (χ1n) is 10.5. The topological polar surface area (TPSA) is 102 Å². The minimum absolute atomic E-state index is 0.0977. The number of ether oxygens (including phenoxy) is 2. The van der Waals surface area contributed by atoms with Crippen LogP contribution in [0.2, 0.25) is 0 Å². The molecule has 0 spiro atoms. The Morgan fingerprint density at radius 3 is 2.06 bits per heavy atom. The molecular formula is C24H27N3O6. The summed E-state index contributed by atoms with van der Waals surface area (Å²) in [4.78, 5) is 40.9. The first-order chi connectivity index (χ1) is 15.8. The summed E-state index contributed by atoms with van der Waals surface area (Å²) in [6.45, 7) is 5.20. The molecule has 0 atom stereocenters. The number of carbonyl (C=O) groups excluding carboxylic acids is 2. The van der Waals surface area contributed by atoms with E-state index in [-0.39, 0.29) is 17.0 Å². The summed E-state index contributed by atoms with van der Waals surface area (Å²) in [6.07, 6.45) is 0. The quantitative estimate of drug-likeness (QED) is 0.309. The number of rotatable bonds is 10. The van der Waals surface area contributed by atoms with Crippen LogP contribution in [0.15, 0.2) is 48.2 Å². The number of methoxy groups -OCH3 is 2. The highest BCUT2D eigenvalue weighted by Gasteiger charge is 2.43. The van der Waals surface area contributed by atoms with E-state index in [4.69, 9.17) is 9.47 Å². The Balaban J connectivity index is 2.15. The fourth-order valence-corrected chi connectivity index (χ4v) is 3.83. The molecule has 0 saturated heterocycles. The molecule has 3 rings (SSSR count). The maximum atomic E-state index is 13.7. The number of hydrogen-bond donors (Lipinski definition) is 0. The number of carbonyl (C=O) groups is 2. The molecule has 0 N–H and O–H groups in total. The first kappa shape index (κ1) is 24.1. The van der Waals surface area contributed by atoms with Crippen LogP contribution in [0.25, 0.3) is 5.57 Å². The highest BCUT2D eigenvalue weighted by molar-refractivity contribution is 6.45. The number of non-ortho nitro benzene ring substituents is 1. The van der Waals surface area contributed by atoms with Crippen LogP contribution in [0.3, 0.4) is 0 Å². The van der Waals surface area contributed by atoms with Gasteiger partial charge >= 0.3 is 0 Å². The van der Waals surface area contributed by atoms with Crippen molar-refractivity contribution in [3.05, 3.63) is 75.0 Å². The molecule has 0 bridgehead atoms. The Hall–Kier alpha value is -3.56. The number of anilines is 1. The van der Waals surface area contributed by atoms with Crippen LogP contribution in [0, 0.1) is 24.0 Å². The lowest BCUT2D eigenvalue weighted by atomic mass is 10.0. The number of nitro groups is 1. The van der Waals surface area contributed by atoms with Crippen molar-refractivity contribution in [1.29, 1.82) is 0 Å². The van der Waals surface area contributed by atoms with Crippen molar-refractivity contribution in [3.63, 3.8) is 0 Å². The second kappa shape index (κ2) is 10.4. The van der Waals surface area contributed by atoms with Gasteiger partial charge in [0.25, 0.3) is 17.5 Å². The molecule has 1 aliphatic heterocycles. The lowest BCUT2D eigenvalue weighted by Gasteiger charge is -2.26. The van der Waals surface area contributed by atoms with Crippen LogP contribution in [-0.4, -0.2) is 62.2 Å². The summed E-state index contributed by atoms with van der Waals surface area (Å²) in [7, 11) is 3.12. The van der Waals surface area contributed by atoms with Gasteiger partial charge in [-0.2, -0.15) is 0 Å². The Morgan fingerprint density at radius 1 is 0.939 bits per heavy atom. The number of nitrogens with zero attached hydrogens (tertiary/aromatic N) is 3. The largest absolute Gasteiger partial charge is 0.383 e. The second-order valence-electron chi connectivity index (χ2n) is 7.74. The molecule has 2 amide bonds. The maximum absolute atomic E-state index is 13.7. The van der Waals surface area contributed by atoms with Gasteiger partial charge in [0.2, 0.25) is 0 Å². The molecule has 9 nitrogen and oxygen atoms in total. The highest BCUT2D eigenvalue weighted by atomic mass is 16.6. The third-order valence-corrected chi connectivity index (χ3v) is 5.47. The summed E-state index contributed by atoms with van der Waals surface area (Å²) in [5.41, 5.74) is 3.07. The Bertz CT molecular complexity index is 1090. The van der Waals surface area contributed by atoms with Gasteiger partial charge in [-0.1, -0.05) is 17.7 Å². The Kier molecular flexibility index (Phi) is 7.57. The van der Waals surface area contributed by atoms with Gasteiger partial charge in [-0.15, -0.1) is 0 Å². The lowest BCUT2D eigenvalue weighted by molar-refractivity contribution is -0.384. The molecule has 0 aromatic heterocycles. The minimum Gasteiger partial charge on any atom is -0.383 e. The summed E-state index contributed by atoms with van der Waals surface area (Å²) in [5.74, 6) is -0.928. The molecule has 2 aromatic rings. The fourth-order valence-electron chi connectivity index (χ4n) is 3.83. The molecular weight excluding hydrogens is 426 g/mol. The van der Waals surface area contributed by atoms with Crippen molar-refractivity contribution in [3.8, 4) is 0 Å². The molecule has 2 aromatic carbocycles. The maximum Gasteiger partial charge on any atom is 0.282 e. The van der Waals surface area contributed by atoms with E-state index in [1.54, 1.807) is 25.2 Å². The molecule has 9 heteroatoms. The average Bonchev–Trinajstić information content (AvgIpc) is 3.04. The van der Waals surface area contributed by atoms with Gasteiger partial charge in [0.15, 0.2) is 0 Å². The van der Waals surface area contributed by atoms with Crippen LogP contribution >= 0.6 is 0 Å². The molecule has 33 heavy (non-hydrogen) atoms. The van der Waals surface area contributed by atoms with Crippen LogP contribution in [0.1, 0.15) is 16.7 Å². The monoisotopic (exact) mass is 453 g/mol. The van der Waals surface area contributed by atoms with Crippen LogP contribution in [0.5, 0.6) is 0 Å². The van der Waals surface area contributed by atoms with Crippen molar-refractivity contribution in [2.45, 2.75) is 13.8 Å². The number of benzene rings is 2. The van der Waals surface area contributed by atoms with Crippen molar-refractivity contribution in [2.75, 3.05) is 45.4 Å². The molecule has 0 unspecified atom stereocenters. The summed E-state index contributed by atoms with van der Waals surface area (Å²) in [5, 5.41) is 11.1. The Labute approximate surface area is 192 Å². The zero-order valence-corrected chi connectivity index (χ0v) is 19.2. The predicted octanol–water partition coefficient (Wildman–Crippen LogP) is 3.09. The van der Waals surface area contributed by atoms with Gasteiger partial charge in [0.05, 0.1) is 29.4 Å². The fraction of sp³-hybridized carbons (Fsp3) is 0.333. The zero-order valence-electron chi connectivity index (χ0n) is 19.2. The molecule has 1 aliphatic rings. The average molecular weight is 453 g/mol. The molecule has 0 radical (unpaired) electrons. The normalized spacial score (nSPS) is 13.8. The van der Waals surface area contributed by atoms with E-state index in [9.17, 15) is 19.7 Å². The lowest BCUT2D eigenvalue weighted by Crippen LogP contribution is -2.38. The van der Waals surface area contributed by atoms with Gasteiger partial charge in [-0.3, -0.25) is 19.7 Å². The second-order valence-corrected chi connectivity index (χ2v) is 7.74. The van der Waals surface area contributed by atoms with E-state index in [0.717, 1.165) is 11.1 Å². The van der Waals surface area contributed by atoms with Crippen molar-refractivity contribution in [2.24, 2.45) is 0 Å². The van der Waals surface area contributed by atoms with E-state index in [0.29, 0.717) is 37.6 Å². The van der Waals surface area contributed by atoms with Gasteiger partial charge in [0, 0.05) is 39.4 Å². The van der Waals surface area contributed by atoms with Crippen molar-refractivity contribution < 1.29 is 24.0 Å². The van der Waals surface area contributed by atoms with Crippen LogP contribution in [0.4, 0.5) is 11.4 Å². The summed E-state index contributed by atoms with van der Waals surface area (Å²) in [6, 6.07) is 11.2. The van der Waals surface area contributed by atoms with Gasteiger partial charge < -0.3 is 14.4 Å². The third kappa shape index (κ3) is 4.94. The number of aryl methyl sites for hydroxylation is 2. The Morgan fingerprint density at radius 2 is 1.55 bits per heavy atom. The SMILES string of the molecule is COCCN(CCOC)C1=C(c2ccc([N+](=O)[O-])cc2)C(=O)N(c2ccc(C)cc2C)C1=O. The van der Waals surface area contributed by atoms with Crippen LogP contribution < -0.4 is 4.90 Å². The summed E-state index contributed by atoms with van der Waals surface area (Å²) < 4.78 is 10.4. The molecule has 1 heterocycles. The first-order valence-corrected chi connectivity index (χ1v) is 10.5. The number of amides is 2. The minimum atomic E-state index is -0.508. The van der Waals surface area contributed by atoms with E-state index >= 15 is 0 Å². The van der Waals surface area contributed by atoms with Crippen LogP contribution in [-0.2, 0) is 19.1 Å². The van der Waals surface area contributed by atoms with E-state index in [1.807, 2.05) is 26.0 Å². The molecule has 0 saturated carbocycles. The smallest absolute Gasteiger partial charge is 0.282 e. The number of nitro benzene ring substituents is 1. The van der Waals surface area contributed by atoms with Gasteiger partial charge in [-0.05, 0) is 43.2 Å². The molecule has 174 valence electrons. The van der Waals surface area contributed by atoms with Crippen molar-refractivity contribution in [1.82, 2.24) is 4.90 Å².